The Bertz CT molecular complexity index is 1830. The minimum Gasteiger partial charge on any atom is -0.470 e. The third kappa shape index (κ3) is 4.36. The molecule has 0 spiro atoms. The van der Waals surface area contributed by atoms with E-state index in [1.54, 1.807) is 13.2 Å². The third-order valence-corrected chi connectivity index (χ3v) is 6.95. The second-order valence-corrected chi connectivity index (χ2v) is 9.60. The van der Waals surface area contributed by atoms with Crippen molar-refractivity contribution in [3.8, 4) is 17.4 Å². The van der Waals surface area contributed by atoms with Crippen molar-refractivity contribution in [3.63, 3.8) is 0 Å². The molecule has 5 aromatic heterocycles. The molecule has 16 heteroatoms. The van der Waals surface area contributed by atoms with E-state index in [9.17, 15) is 23.1 Å². The lowest BCUT2D eigenvalue weighted by Gasteiger charge is -2.32. The molecule has 1 aliphatic carbocycles. The molecule has 2 atom stereocenters. The first-order valence-corrected chi connectivity index (χ1v) is 12.3. The highest BCUT2D eigenvalue weighted by atomic mass is 35.5. The molecule has 5 heterocycles. The van der Waals surface area contributed by atoms with Crippen LogP contribution < -0.4 is 20.3 Å². The lowest BCUT2D eigenvalue weighted by atomic mass is 9.92. The number of ether oxygens (including phenoxy) is 2. The Morgan fingerprint density at radius 1 is 1.15 bits per heavy atom. The summed E-state index contributed by atoms with van der Waals surface area (Å²) in [5.74, 6) is 0.645. The summed E-state index contributed by atoms with van der Waals surface area (Å²) < 4.78 is 55.6. The molecule has 0 amide bonds. The van der Waals surface area contributed by atoms with Gasteiger partial charge in [0.2, 0.25) is 11.8 Å². The summed E-state index contributed by atoms with van der Waals surface area (Å²) in [6, 6.07) is 0.715. The highest BCUT2D eigenvalue weighted by molar-refractivity contribution is 6.36. The number of hydrogen-bond donors (Lipinski definition) is 2. The molecule has 12 nitrogen and oxygen atoms in total. The molecule has 1 saturated carbocycles. The molecule has 0 radical (unpaired) electrons. The van der Waals surface area contributed by atoms with Crippen molar-refractivity contribution in [2.45, 2.75) is 31.2 Å². The fraction of sp³-hybridized carbons (Fsp3) is 0.292. The molecule has 0 bridgehead atoms. The molecular formula is C24H20ClF3N8O4. The van der Waals surface area contributed by atoms with Crippen LogP contribution >= 0.6 is 11.6 Å². The summed E-state index contributed by atoms with van der Waals surface area (Å²) in [5, 5.41) is 16.9. The molecule has 1 fully saturated rings. The minimum atomic E-state index is -4.65. The Kier molecular flexibility index (Phi) is 6.07. The van der Waals surface area contributed by atoms with Crippen molar-refractivity contribution < 1.29 is 27.8 Å². The van der Waals surface area contributed by atoms with Crippen LogP contribution in [-0.2, 0) is 20.3 Å². The largest absolute Gasteiger partial charge is 0.470 e. The van der Waals surface area contributed by atoms with Gasteiger partial charge in [-0.05, 0) is 18.9 Å². The molecule has 0 saturated heterocycles. The van der Waals surface area contributed by atoms with E-state index in [-0.39, 0.29) is 39.7 Å². The maximum absolute atomic E-state index is 13.3. The number of aryl methyl sites for hydroxylation is 2. The summed E-state index contributed by atoms with van der Waals surface area (Å²) >= 11 is 6.67. The summed E-state index contributed by atoms with van der Waals surface area (Å²) in [6.07, 6.45) is 2.30. The van der Waals surface area contributed by atoms with Crippen LogP contribution in [0.3, 0.4) is 0 Å². The summed E-state index contributed by atoms with van der Waals surface area (Å²) in [5.41, 5.74) is -1.14. The molecule has 6 rings (SSSR count). The quantitative estimate of drug-likeness (QED) is 0.309. The predicted molar refractivity (Wildman–Crippen MR) is 136 cm³/mol. The molecular weight excluding hydrogens is 557 g/mol. The van der Waals surface area contributed by atoms with E-state index in [0.29, 0.717) is 36.1 Å². The number of anilines is 2. The van der Waals surface area contributed by atoms with Crippen molar-refractivity contribution in [2.75, 3.05) is 5.32 Å². The molecule has 2 N–H and O–H groups in total. The normalized spacial score (nSPS) is 17.3. The van der Waals surface area contributed by atoms with E-state index in [0.717, 1.165) is 4.57 Å². The van der Waals surface area contributed by atoms with E-state index in [1.165, 1.54) is 34.7 Å². The van der Waals surface area contributed by atoms with Crippen LogP contribution in [0.15, 0.2) is 41.8 Å². The number of fused-ring (bicyclic) bond motifs is 2. The number of nitrogens with one attached hydrogen (secondary N) is 1. The zero-order chi connectivity index (χ0) is 28.3. The van der Waals surface area contributed by atoms with Gasteiger partial charge in [0.1, 0.15) is 22.3 Å². The zero-order valence-electron chi connectivity index (χ0n) is 20.8. The van der Waals surface area contributed by atoms with E-state index in [2.05, 4.69) is 25.4 Å². The van der Waals surface area contributed by atoms with Crippen molar-refractivity contribution >= 4 is 39.9 Å². The van der Waals surface area contributed by atoms with Gasteiger partial charge in [0, 0.05) is 32.7 Å². The van der Waals surface area contributed by atoms with Gasteiger partial charge in [-0.2, -0.15) is 23.3 Å². The van der Waals surface area contributed by atoms with Crippen LogP contribution in [0, 0.1) is 0 Å². The molecule has 0 aliphatic heterocycles. The number of pyridine rings is 2. The maximum atomic E-state index is 13.3. The fourth-order valence-corrected chi connectivity index (χ4v) is 4.57. The first-order valence-electron chi connectivity index (χ1n) is 11.9. The zero-order valence-corrected chi connectivity index (χ0v) is 21.6. The average Bonchev–Trinajstić information content (AvgIpc) is 3.46. The Balaban J connectivity index is 1.35. The van der Waals surface area contributed by atoms with Gasteiger partial charge in [-0.25, -0.2) is 14.5 Å². The lowest BCUT2D eigenvalue weighted by Crippen LogP contribution is -2.41. The summed E-state index contributed by atoms with van der Waals surface area (Å²) in [7, 11) is 2.78. The van der Waals surface area contributed by atoms with Gasteiger partial charge in [0.25, 0.3) is 5.56 Å². The van der Waals surface area contributed by atoms with E-state index < -0.39 is 29.5 Å². The van der Waals surface area contributed by atoms with Gasteiger partial charge in [-0.1, -0.05) is 11.6 Å². The topological polar surface area (TPSA) is 134 Å². The number of halogens is 4. The number of rotatable bonds is 6. The first kappa shape index (κ1) is 25.9. The van der Waals surface area contributed by atoms with Crippen LogP contribution in [-0.4, -0.2) is 51.0 Å². The number of aromatic nitrogens is 7. The molecule has 5 aromatic rings. The smallest absolute Gasteiger partial charge is 0.417 e. The van der Waals surface area contributed by atoms with Gasteiger partial charge in [-0.3, -0.25) is 4.79 Å². The number of alkyl halides is 3. The number of hydrogen-bond acceptors (Lipinski definition) is 9. The molecule has 0 aromatic carbocycles. The number of nitrogens with zero attached hydrogens (tertiary/aromatic N) is 7. The third-order valence-electron chi connectivity index (χ3n) is 6.59. The Labute approximate surface area is 227 Å². The van der Waals surface area contributed by atoms with Crippen LogP contribution in [0.2, 0.25) is 5.02 Å². The maximum Gasteiger partial charge on any atom is 0.417 e. The van der Waals surface area contributed by atoms with Gasteiger partial charge in [0.15, 0.2) is 22.7 Å². The monoisotopic (exact) mass is 576 g/mol. The summed E-state index contributed by atoms with van der Waals surface area (Å²) in [6.45, 7) is 0. The Hall–Kier alpha value is -4.37. The van der Waals surface area contributed by atoms with Crippen LogP contribution in [0.5, 0.6) is 17.4 Å². The van der Waals surface area contributed by atoms with Crippen LogP contribution in [0.4, 0.5) is 24.8 Å². The standard InChI is InChI=1S/C24H20ClF3N8O4/c1-34-10-11(24(26,27)28)7-12(22(34)38)32-23-33-20-19(35(23)2)17(25)15(8-30-20)39-16-9-31-36-6-5-29-21(18(16)36)40-14-4-3-13(14)37/h5-10,13-14,37H,3-4H2,1-2H3,(H,30,32,33)/t13-,14+/m0/s1. The van der Waals surface area contributed by atoms with Gasteiger partial charge >= 0.3 is 6.18 Å². The number of aliphatic hydroxyl groups is 1. The number of aliphatic hydroxyl groups excluding tert-OH is 1. The number of imidazole rings is 1. The average molecular weight is 577 g/mol. The molecule has 0 unspecified atom stereocenters. The highest BCUT2D eigenvalue weighted by Crippen LogP contribution is 2.39. The van der Waals surface area contributed by atoms with Crippen LogP contribution in [0.1, 0.15) is 18.4 Å². The van der Waals surface area contributed by atoms with E-state index in [4.69, 9.17) is 21.1 Å². The van der Waals surface area contributed by atoms with E-state index >= 15 is 0 Å². The highest BCUT2D eigenvalue weighted by Gasteiger charge is 2.33. The van der Waals surface area contributed by atoms with Gasteiger partial charge in [-0.15, -0.1) is 0 Å². The van der Waals surface area contributed by atoms with Gasteiger partial charge < -0.3 is 29.0 Å². The van der Waals surface area contributed by atoms with Gasteiger partial charge in [0.05, 0.1) is 24.1 Å². The lowest BCUT2D eigenvalue weighted by molar-refractivity contribution is -0.138. The van der Waals surface area contributed by atoms with Crippen molar-refractivity contribution in [1.29, 1.82) is 0 Å². The minimum absolute atomic E-state index is 0.0351. The van der Waals surface area contributed by atoms with Crippen LogP contribution in [0.25, 0.3) is 16.7 Å². The molecule has 208 valence electrons. The van der Waals surface area contributed by atoms with Crippen molar-refractivity contribution in [1.82, 2.24) is 33.7 Å². The van der Waals surface area contributed by atoms with Crippen molar-refractivity contribution in [2.24, 2.45) is 14.1 Å². The SMILES string of the molecule is Cn1cc(C(F)(F)F)cc(Nc2nc3ncc(Oc4cnn5ccnc(O[C@@H]6CC[C@@H]6O)c45)c(Cl)c3n2C)c1=O. The second kappa shape index (κ2) is 9.38. The fourth-order valence-electron chi connectivity index (χ4n) is 4.27. The predicted octanol–water partition coefficient (Wildman–Crippen LogP) is 3.82. The second-order valence-electron chi connectivity index (χ2n) is 9.22. The Morgan fingerprint density at radius 2 is 1.95 bits per heavy atom. The summed E-state index contributed by atoms with van der Waals surface area (Å²) in [4.78, 5) is 25.3. The first-order chi connectivity index (χ1) is 19.0. The van der Waals surface area contributed by atoms with E-state index in [1.807, 2.05) is 0 Å². The Morgan fingerprint density at radius 3 is 2.65 bits per heavy atom. The molecule has 1 aliphatic rings. The molecule has 40 heavy (non-hydrogen) atoms. The van der Waals surface area contributed by atoms with Crippen molar-refractivity contribution in [3.05, 3.63) is 58.0 Å².